The summed E-state index contributed by atoms with van der Waals surface area (Å²) >= 11 is 1.30. The molecule has 0 saturated heterocycles. The molecule has 1 aliphatic rings. The van der Waals surface area contributed by atoms with E-state index < -0.39 is 6.09 Å². The third-order valence-electron chi connectivity index (χ3n) is 5.69. The summed E-state index contributed by atoms with van der Waals surface area (Å²) in [6.07, 6.45) is 9.58. The fraction of sp³-hybridized carbons (Fsp3) is 0.500. The molecule has 2 heterocycles. The van der Waals surface area contributed by atoms with Gasteiger partial charge in [-0.05, 0) is 37.8 Å². The lowest BCUT2D eigenvalue weighted by Crippen LogP contribution is -2.38. The van der Waals surface area contributed by atoms with Gasteiger partial charge in [0, 0.05) is 38.3 Å². The van der Waals surface area contributed by atoms with Crippen molar-refractivity contribution in [2.45, 2.75) is 63.8 Å². The number of aromatic nitrogens is 1. The summed E-state index contributed by atoms with van der Waals surface area (Å²) in [7, 11) is 1.84. The number of amides is 2. The van der Waals surface area contributed by atoms with E-state index in [9.17, 15) is 9.59 Å². The van der Waals surface area contributed by atoms with E-state index in [2.05, 4.69) is 16.4 Å². The van der Waals surface area contributed by atoms with Crippen LogP contribution in [0.4, 0.5) is 4.79 Å². The number of carbonyl (C=O) groups is 2. The number of rotatable bonds is 9. The molecule has 2 aromatic heterocycles. The molecule has 2 aromatic rings. The number of thiophene rings is 1. The van der Waals surface area contributed by atoms with Gasteiger partial charge in [0.2, 0.25) is 0 Å². The van der Waals surface area contributed by atoms with Gasteiger partial charge in [-0.15, -0.1) is 11.3 Å². The summed E-state index contributed by atoms with van der Waals surface area (Å²) in [6.45, 7) is 0.465. The third-order valence-corrected chi connectivity index (χ3v) is 6.82. The molecule has 3 rings (SSSR count). The Labute approximate surface area is 193 Å². The van der Waals surface area contributed by atoms with E-state index in [4.69, 9.17) is 10.00 Å². The van der Waals surface area contributed by atoms with Gasteiger partial charge in [-0.2, -0.15) is 5.26 Å². The van der Waals surface area contributed by atoms with Gasteiger partial charge in [-0.1, -0.05) is 31.7 Å². The van der Waals surface area contributed by atoms with Crippen LogP contribution < -0.4 is 10.1 Å². The molecular weight excluding hydrogens is 424 g/mol. The summed E-state index contributed by atoms with van der Waals surface area (Å²) in [5.74, 6) is 0.147. The smallest absolute Gasteiger partial charge is 0.409 e. The number of nitriles is 1. The first-order valence-corrected chi connectivity index (χ1v) is 12.1. The number of ether oxygens (including phenoxy) is 1. The van der Waals surface area contributed by atoms with Crippen LogP contribution in [0.15, 0.2) is 30.5 Å². The molecule has 170 valence electrons. The van der Waals surface area contributed by atoms with Crippen LogP contribution in [0.2, 0.25) is 0 Å². The summed E-state index contributed by atoms with van der Waals surface area (Å²) in [6, 6.07) is 9.64. The van der Waals surface area contributed by atoms with Gasteiger partial charge in [0.05, 0.1) is 16.6 Å². The van der Waals surface area contributed by atoms with E-state index in [1.54, 1.807) is 17.2 Å². The highest BCUT2D eigenvalue weighted by molar-refractivity contribution is 7.17. The second kappa shape index (κ2) is 12.2. The fourth-order valence-corrected chi connectivity index (χ4v) is 4.90. The number of pyridine rings is 1. The van der Waals surface area contributed by atoms with Crippen LogP contribution in [0.3, 0.4) is 0 Å². The number of unbranched alkanes of at least 4 members (excludes halogenated alkanes) is 3. The van der Waals surface area contributed by atoms with Crippen LogP contribution in [0.25, 0.3) is 10.6 Å². The molecular formula is C24H30N4O3S. The van der Waals surface area contributed by atoms with E-state index in [-0.39, 0.29) is 17.7 Å². The lowest BCUT2D eigenvalue weighted by molar-refractivity contribution is 0.0699. The van der Waals surface area contributed by atoms with Crippen molar-refractivity contribution < 1.29 is 14.3 Å². The summed E-state index contributed by atoms with van der Waals surface area (Å²) in [4.78, 5) is 33.1. The zero-order valence-electron chi connectivity index (χ0n) is 18.5. The molecule has 1 N–H and O–H groups in total. The Morgan fingerprint density at radius 2 is 2.06 bits per heavy atom. The van der Waals surface area contributed by atoms with Crippen molar-refractivity contribution in [3.8, 4) is 22.4 Å². The predicted octanol–water partition coefficient (Wildman–Crippen LogP) is 5.39. The highest BCUT2D eigenvalue weighted by atomic mass is 32.1. The van der Waals surface area contributed by atoms with Crippen molar-refractivity contribution >= 4 is 23.3 Å². The molecule has 1 aliphatic carbocycles. The molecule has 2 amide bonds. The second-order valence-corrected chi connectivity index (χ2v) is 9.06. The standard InChI is InChI=1S/C24H30N4O3S/c1-28(18-11-5-4-6-12-18)23(29)22-20(17-21(32-22)19-13-7-10-15-26-19)31-24(30)27-16-9-3-2-8-14-25/h7,10,13,15,17-18H,2-6,8-9,11-12,16H2,1H3,(H,27,30). The number of nitrogens with one attached hydrogen (secondary N) is 1. The van der Waals surface area contributed by atoms with Gasteiger partial charge >= 0.3 is 6.09 Å². The van der Waals surface area contributed by atoms with E-state index in [0.717, 1.165) is 55.5 Å². The molecule has 0 unspecified atom stereocenters. The Morgan fingerprint density at radius 1 is 1.25 bits per heavy atom. The summed E-state index contributed by atoms with van der Waals surface area (Å²) in [5.41, 5.74) is 0.736. The molecule has 0 atom stereocenters. The Hall–Kier alpha value is -2.92. The lowest BCUT2D eigenvalue weighted by atomic mass is 9.94. The largest absolute Gasteiger partial charge is 0.412 e. The number of hydrogen-bond acceptors (Lipinski definition) is 6. The van der Waals surface area contributed by atoms with Crippen LogP contribution in [0, 0.1) is 11.3 Å². The molecule has 1 fully saturated rings. The summed E-state index contributed by atoms with van der Waals surface area (Å²) in [5, 5.41) is 11.3. The molecule has 0 bridgehead atoms. The summed E-state index contributed by atoms with van der Waals surface area (Å²) < 4.78 is 5.57. The maximum atomic E-state index is 13.3. The molecule has 1 saturated carbocycles. The molecule has 0 aliphatic heterocycles. The van der Waals surface area contributed by atoms with Crippen molar-refractivity contribution in [3.05, 3.63) is 35.3 Å². The maximum absolute atomic E-state index is 13.3. The second-order valence-electron chi connectivity index (χ2n) is 8.01. The first-order chi connectivity index (χ1) is 15.6. The lowest BCUT2D eigenvalue weighted by Gasteiger charge is -2.31. The SMILES string of the molecule is CN(C(=O)c1sc(-c2ccccn2)cc1OC(=O)NCCCCCC#N)C1CCCCC1. The normalized spacial score (nSPS) is 13.9. The zero-order valence-corrected chi connectivity index (χ0v) is 19.3. The minimum Gasteiger partial charge on any atom is -0.409 e. The highest BCUT2D eigenvalue weighted by Crippen LogP contribution is 2.37. The zero-order chi connectivity index (χ0) is 22.8. The monoisotopic (exact) mass is 454 g/mol. The van der Waals surface area contributed by atoms with E-state index >= 15 is 0 Å². The topological polar surface area (TPSA) is 95.3 Å². The van der Waals surface area contributed by atoms with E-state index in [1.165, 1.54) is 17.8 Å². The number of nitrogens with zero attached hydrogens (tertiary/aromatic N) is 3. The number of hydrogen-bond donors (Lipinski definition) is 1. The van der Waals surface area contributed by atoms with E-state index in [0.29, 0.717) is 17.8 Å². The average molecular weight is 455 g/mol. The predicted molar refractivity (Wildman–Crippen MR) is 125 cm³/mol. The first kappa shape index (κ1) is 23.7. The van der Waals surface area contributed by atoms with Crippen LogP contribution >= 0.6 is 11.3 Å². The first-order valence-electron chi connectivity index (χ1n) is 11.2. The minimum absolute atomic E-state index is 0.122. The molecule has 32 heavy (non-hydrogen) atoms. The van der Waals surface area contributed by atoms with Crippen LogP contribution in [-0.2, 0) is 0 Å². The Balaban J connectivity index is 1.71. The quantitative estimate of drug-likeness (QED) is 0.513. The Kier molecular flexibility index (Phi) is 9.05. The Bertz CT molecular complexity index is 932. The maximum Gasteiger partial charge on any atom is 0.412 e. The minimum atomic E-state index is -0.579. The van der Waals surface area contributed by atoms with Crippen LogP contribution in [0.5, 0.6) is 5.75 Å². The molecule has 0 aromatic carbocycles. The average Bonchev–Trinajstić information content (AvgIpc) is 3.25. The van der Waals surface area contributed by atoms with Gasteiger partial charge in [0.25, 0.3) is 5.91 Å². The van der Waals surface area contributed by atoms with E-state index in [1.807, 2.05) is 25.2 Å². The fourth-order valence-electron chi connectivity index (χ4n) is 3.86. The van der Waals surface area contributed by atoms with Gasteiger partial charge in [-0.3, -0.25) is 9.78 Å². The van der Waals surface area contributed by atoms with Gasteiger partial charge < -0.3 is 15.0 Å². The van der Waals surface area contributed by atoms with Crippen molar-refractivity contribution in [3.63, 3.8) is 0 Å². The highest BCUT2D eigenvalue weighted by Gasteiger charge is 2.28. The van der Waals surface area contributed by atoms with Gasteiger partial charge in [0.15, 0.2) is 5.75 Å². The molecule has 0 radical (unpaired) electrons. The number of carbonyl (C=O) groups excluding carboxylic acids is 2. The van der Waals surface area contributed by atoms with Crippen molar-refractivity contribution in [2.75, 3.05) is 13.6 Å². The molecule has 8 heteroatoms. The third kappa shape index (κ3) is 6.54. The van der Waals surface area contributed by atoms with Gasteiger partial charge in [-0.25, -0.2) is 4.79 Å². The molecule has 0 spiro atoms. The van der Waals surface area contributed by atoms with Crippen molar-refractivity contribution in [1.82, 2.24) is 15.2 Å². The Morgan fingerprint density at radius 3 is 2.78 bits per heavy atom. The van der Waals surface area contributed by atoms with Crippen molar-refractivity contribution in [1.29, 1.82) is 5.26 Å². The van der Waals surface area contributed by atoms with Gasteiger partial charge in [0.1, 0.15) is 4.88 Å². The molecule has 7 nitrogen and oxygen atoms in total. The van der Waals surface area contributed by atoms with Crippen LogP contribution in [0.1, 0.15) is 67.5 Å². The van der Waals surface area contributed by atoms with Crippen LogP contribution in [-0.4, -0.2) is 41.5 Å². The van der Waals surface area contributed by atoms with Crippen molar-refractivity contribution in [2.24, 2.45) is 0 Å².